The maximum atomic E-state index is 14.9. The number of halogens is 2. The second-order valence-electron chi connectivity index (χ2n) is 6.39. The second kappa shape index (κ2) is 9.36. The molecular weight excluding hydrogens is 392 g/mol. The van der Waals surface area contributed by atoms with E-state index in [4.69, 9.17) is 5.11 Å². The van der Waals surface area contributed by atoms with Crippen molar-refractivity contribution in [1.82, 2.24) is 10.7 Å². The number of nitrogens with one attached hydrogen (secondary N) is 1. The molecule has 0 aromatic heterocycles. The van der Waals surface area contributed by atoms with E-state index in [0.717, 1.165) is 22.4 Å². The van der Waals surface area contributed by atoms with Crippen molar-refractivity contribution in [3.8, 4) is 28.0 Å². The summed E-state index contributed by atoms with van der Waals surface area (Å²) in [6.45, 7) is -0.107. The summed E-state index contributed by atoms with van der Waals surface area (Å²) < 4.78 is 28.0. The lowest BCUT2D eigenvalue weighted by molar-refractivity contribution is -0.140. The number of aromatic hydroxyl groups is 1. The Bertz CT molecular complexity index is 1000. The summed E-state index contributed by atoms with van der Waals surface area (Å²) >= 11 is 0. The van der Waals surface area contributed by atoms with Crippen molar-refractivity contribution in [2.45, 2.75) is 0 Å². The van der Waals surface area contributed by atoms with Crippen LogP contribution in [0.25, 0.3) is 22.3 Å². The van der Waals surface area contributed by atoms with Gasteiger partial charge in [-0.1, -0.05) is 36.4 Å². The van der Waals surface area contributed by atoms with Crippen LogP contribution in [0.3, 0.4) is 0 Å². The van der Waals surface area contributed by atoms with Crippen LogP contribution in [0.2, 0.25) is 0 Å². The molecule has 0 amide bonds. The molecule has 0 unspecified atom stereocenters. The molecular formula is C22H21F2N3O3. The second-order valence-corrected chi connectivity index (χ2v) is 6.39. The normalized spacial score (nSPS) is 11.4. The average Bonchev–Trinajstić information content (AvgIpc) is 2.75. The minimum absolute atomic E-state index is 0.107. The molecule has 0 aliphatic rings. The van der Waals surface area contributed by atoms with Crippen molar-refractivity contribution >= 4 is 5.69 Å². The number of hydrazine groups is 2. The predicted octanol–water partition coefficient (Wildman–Crippen LogP) is 4.62. The van der Waals surface area contributed by atoms with E-state index in [1.165, 1.54) is 37.4 Å². The van der Waals surface area contributed by atoms with E-state index in [2.05, 4.69) is 5.43 Å². The van der Waals surface area contributed by atoms with E-state index >= 15 is 0 Å². The molecule has 0 saturated carbocycles. The number of phenolic OH excluding ortho intramolecular Hbond substituents is 1. The van der Waals surface area contributed by atoms with Crippen molar-refractivity contribution in [1.29, 1.82) is 0 Å². The van der Waals surface area contributed by atoms with Crippen LogP contribution in [0.5, 0.6) is 5.75 Å². The highest BCUT2D eigenvalue weighted by Crippen LogP contribution is 2.36. The first-order chi connectivity index (χ1) is 14.4. The van der Waals surface area contributed by atoms with Gasteiger partial charge in [-0.2, -0.15) is 0 Å². The van der Waals surface area contributed by atoms with Crippen molar-refractivity contribution in [3.63, 3.8) is 0 Å². The number of hydrogen-bond donors (Lipinski definition) is 4. The van der Waals surface area contributed by atoms with E-state index in [0.29, 0.717) is 16.4 Å². The third-order valence-corrected chi connectivity index (χ3v) is 4.51. The number of nitrogens with zero attached hydrogens (tertiary/aromatic N) is 2. The number of aliphatic hydroxyl groups excluding tert-OH is 1. The fourth-order valence-electron chi connectivity index (χ4n) is 3.04. The van der Waals surface area contributed by atoms with Gasteiger partial charge in [0.15, 0.2) is 5.82 Å². The van der Waals surface area contributed by atoms with Gasteiger partial charge in [0.25, 0.3) is 0 Å². The summed E-state index contributed by atoms with van der Waals surface area (Å²) in [4.78, 5) is 0. The van der Waals surface area contributed by atoms with E-state index in [1.54, 1.807) is 24.3 Å². The van der Waals surface area contributed by atoms with Crippen LogP contribution in [0, 0.1) is 11.6 Å². The lowest BCUT2D eigenvalue weighted by Crippen LogP contribution is -2.48. The zero-order chi connectivity index (χ0) is 21.7. The Morgan fingerprint density at radius 1 is 0.900 bits per heavy atom. The maximum Gasteiger partial charge on any atom is 0.152 e. The van der Waals surface area contributed by atoms with Gasteiger partial charge in [-0.15, -0.1) is 0 Å². The largest absolute Gasteiger partial charge is 0.516 e. The van der Waals surface area contributed by atoms with Gasteiger partial charge >= 0.3 is 0 Å². The van der Waals surface area contributed by atoms with Crippen LogP contribution in [0.4, 0.5) is 14.5 Å². The summed E-state index contributed by atoms with van der Waals surface area (Å²) in [7, 11) is 1.40. The first-order valence-electron chi connectivity index (χ1n) is 9.06. The molecule has 4 N–H and O–H groups in total. The molecule has 30 heavy (non-hydrogen) atoms. The molecule has 0 spiro atoms. The Morgan fingerprint density at radius 2 is 1.43 bits per heavy atom. The van der Waals surface area contributed by atoms with Crippen LogP contribution < -0.4 is 10.4 Å². The van der Waals surface area contributed by atoms with Gasteiger partial charge in [0.05, 0.1) is 12.8 Å². The molecule has 0 bridgehead atoms. The molecule has 0 aliphatic carbocycles. The molecule has 6 nitrogen and oxygen atoms in total. The maximum absolute atomic E-state index is 14.9. The van der Waals surface area contributed by atoms with Crippen LogP contribution in [0.15, 0.2) is 73.0 Å². The van der Waals surface area contributed by atoms with Crippen molar-refractivity contribution in [3.05, 3.63) is 84.6 Å². The number of hydrogen-bond acceptors (Lipinski definition) is 6. The number of aliphatic hydroxyl groups is 1. The topological polar surface area (TPSA) is 79.2 Å². The highest BCUT2D eigenvalue weighted by molar-refractivity contribution is 5.74. The van der Waals surface area contributed by atoms with E-state index in [-0.39, 0.29) is 18.0 Å². The van der Waals surface area contributed by atoms with E-state index < -0.39 is 11.6 Å². The highest BCUT2D eigenvalue weighted by Gasteiger charge is 2.21. The zero-order valence-electron chi connectivity index (χ0n) is 16.1. The van der Waals surface area contributed by atoms with Gasteiger partial charge in [-0.25, -0.2) is 14.2 Å². The molecule has 3 aromatic carbocycles. The van der Waals surface area contributed by atoms with Gasteiger partial charge in [0.2, 0.25) is 0 Å². The van der Waals surface area contributed by atoms with Crippen LogP contribution in [0.1, 0.15) is 0 Å². The minimum atomic E-state index is -0.770. The van der Waals surface area contributed by atoms with Crippen LogP contribution in [-0.4, -0.2) is 34.3 Å². The Labute approximate surface area is 172 Å². The number of anilines is 1. The van der Waals surface area contributed by atoms with Gasteiger partial charge in [-0.05, 0) is 57.9 Å². The summed E-state index contributed by atoms with van der Waals surface area (Å²) in [5.41, 5.74) is 4.94. The molecule has 0 heterocycles. The number of benzene rings is 3. The summed E-state index contributed by atoms with van der Waals surface area (Å²) in [5.74, 6) is -1.48. The third kappa shape index (κ3) is 4.57. The van der Waals surface area contributed by atoms with Gasteiger partial charge in [0.1, 0.15) is 17.3 Å². The number of phenols is 1. The quantitative estimate of drug-likeness (QED) is 0.334. The molecule has 0 radical (unpaired) electrons. The first-order valence-corrected chi connectivity index (χ1v) is 9.06. The van der Waals surface area contributed by atoms with Crippen molar-refractivity contribution in [2.24, 2.45) is 0 Å². The fraction of sp³-hybridized carbons (Fsp3) is 0.0909. The molecule has 0 saturated heterocycles. The summed E-state index contributed by atoms with van der Waals surface area (Å²) in [6.07, 6.45) is 2.02. The van der Waals surface area contributed by atoms with Gasteiger partial charge in [-0.3, -0.25) is 10.2 Å². The lowest BCUT2D eigenvalue weighted by Gasteiger charge is -2.30. The minimum Gasteiger partial charge on any atom is -0.516 e. The van der Waals surface area contributed by atoms with Gasteiger partial charge in [0, 0.05) is 7.05 Å². The summed E-state index contributed by atoms with van der Waals surface area (Å²) in [5, 5.41) is 30.7. The Balaban J connectivity index is 1.93. The Hall–Kier alpha value is -3.46. The van der Waals surface area contributed by atoms with Crippen molar-refractivity contribution < 1.29 is 24.2 Å². The first kappa shape index (κ1) is 21.3. The molecule has 0 fully saturated rings. The lowest BCUT2D eigenvalue weighted by atomic mass is 9.99. The predicted molar refractivity (Wildman–Crippen MR) is 111 cm³/mol. The molecule has 3 aromatic rings. The highest BCUT2D eigenvalue weighted by atomic mass is 19.1. The van der Waals surface area contributed by atoms with E-state index in [1.807, 2.05) is 12.1 Å². The molecule has 8 heteroatoms. The van der Waals surface area contributed by atoms with Crippen LogP contribution in [-0.2, 0) is 0 Å². The Kier molecular flexibility index (Phi) is 6.63. The third-order valence-electron chi connectivity index (χ3n) is 4.51. The molecule has 0 aliphatic heterocycles. The smallest absolute Gasteiger partial charge is 0.152 e. The fourth-order valence-corrected chi connectivity index (χ4v) is 3.04. The van der Waals surface area contributed by atoms with Crippen LogP contribution >= 0.6 is 0 Å². The molecule has 0 atom stereocenters. The SMILES string of the molecule is CNN(O)N(CC=CO)c1c(O)cc(-c2ccc(-c3ccc(F)cc3)cc2)cc1F. The van der Waals surface area contributed by atoms with Crippen molar-refractivity contribution in [2.75, 3.05) is 18.6 Å². The average molecular weight is 413 g/mol. The monoisotopic (exact) mass is 413 g/mol. The van der Waals surface area contributed by atoms with E-state index in [9.17, 15) is 19.1 Å². The number of rotatable bonds is 7. The van der Waals surface area contributed by atoms with Gasteiger partial charge < -0.3 is 10.2 Å². The molecule has 156 valence electrons. The standard InChI is InChI=1S/C22H21F2N3O3/c1-25-27(30)26(11-2-12-28)22-20(24)13-18(14-21(22)29)17-5-3-15(4-6-17)16-7-9-19(23)10-8-16/h2-10,12-14,25,28-30H,11H2,1H3. The zero-order valence-corrected chi connectivity index (χ0v) is 16.1. The molecule has 3 rings (SSSR count). The Morgan fingerprint density at radius 3 is 1.93 bits per heavy atom. The summed E-state index contributed by atoms with van der Waals surface area (Å²) in [6, 6.07) is 15.9.